The van der Waals surface area contributed by atoms with Crippen LogP contribution < -0.4 is 5.73 Å². The van der Waals surface area contributed by atoms with Crippen LogP contribution in [0.3, 0.4) is 0 Å². The van der Waals surface area contributed by atoms with Gasteiger partial charge in [0.25, 0.3) is 0 Å². The lowest BCUT2D eigenvalue weighted by molar-refractivity contribution is 0.238. The lowest BCUT2D eigenvalue weighted by Crippen LogP contribution is -2.30. The first-order valence-corrected chi connectivity index (χ1v) is 7.56. The van der Waals surface area contributed by atoms with Crippen LogP contribution in [-0.4, -0.2) is 11.4 Å². The van der Waals surface area contributed by atoms with Crippen molar-refractivity contribution in [1.82, 2.24) is 4.90 Å². The molecule has 21 heavy (non-hydrogen) atoms. The van der Waals surface area contributed by atoms with Crippen LogP contribution in [0.5, 0.6) is 0 Å². The fourth-order valence-corrected chi connectivity index (χ4v) is 3.08. The van der Waals surface area contributed by atoms with Gasteiger partial charge in [-0.2, -0.15) is 0 Å². The molecule has 1 aliphatic rings. The van der Waals surface area contributed by atoms with Gasteiger partial charge in [0.15, 0.2) is 0 Å². The lowest BCUT2D eigenvalue weighted by Gasteiger charge is -2.29. The van der Waals surface area contributed by atoms with Crippen molar-refractivity contribution in [2.45, 2.75) is 19.5 Å². The summed E-state index contributed by atoms with van der Waals surface area (Å²) in [5, 5.41) is 0. The summed E-state index contributed by atoms with van der Waals surface area (Å²) in [5.41, 5.74) is 9.03. The molecule has 0 bridgehead atoms. The van der Waals surface area contributed by atoms with Gasteiger partial charge in [-0.15, -0.1) is 0 Å². The molecule has 0 atom stereocenters. The Morgan fingerprint density at radius 2 is 1.95 bits per heavy atom. The van der Waals surface area contributed by atoms with Gasteiger partial charge in [0.05, 0.1) is 4.47 Å². The highest BCUT2D eigenvalue weighted by molar-refractivity contribution is 9.10. The number of anilines is 1. The molecule has 0 saturated carbocycles. The second kappa shape index (κ2) is 5.73. The minimum atomic E-state index is -0.520. The van der Waals surface area contributed by atoms with Crippen LogP contribution in [0, 0.1) is 11.6 Å². The van der Waals surface area contributed by atoms with Gasteiger partial charge in [0, 0.05) is 30.9 Å². The van der Waals surface area contributed by atoms with Crippen molar-refractivity contribution in [3.63, 3.8) is 0 Å². The van der Waals surface area contributed by atoms with E-state index in [-0.39, 0.29) is 12.1 Å². The molecule has 0 aliphatic carbocycles. The van der Waals surface area contributed by atoms with Crippen molar-refractivity contribution in [3.8, 4) is 0 Å². The standard InChI is InChI=1S/C16H15BrF2N2/c17-14-3-4-15(18)13(16(14)19)9-21-6-5-10-1-2-12(20)7-11(10)8-21/h1-4,7H,5-6,8-9,20H2. The summed E-state index contributed by atoms with van der Waals surface area (Å²) in [7, 11) is 0. The smallest absolute Gasteiger partial charge is 0.144 e. The summed E-state index contributed by atoms with van der Waals surface area (Å²) in [6.45, 7) is 1.69. The average molecular weight is 353 g/mol. The van der Waals surface area contributed by atoms with Crippen LogP contribution in [-0.2, 0) is 19.5 Å². The SMILES string of the molecule is Nc1ccc2c(c1)CN(Cc1c(F)ccc(Br)c1F)CC2. The number of fused-ring (bicyclic) bond motifs is 1. The summed E-state index contributed by atoms with van der Waals surface area (Å²) in [6, 6.07) is 8.54. The predicted molar refractivity (Wildman–Crippen MR) is 82.7 cm³/mol. The van der Waals surface area contributed by atoms with Crippen molar-refractivity contribution < 1.29 is 8.78 Å². The van der Waals surface area contributed by atoms with E-state index in [4.69, 9.17) is 5.73 Å². The summed E-state index contributed by atoms with van der Waals surface area (Å²) >= 11 is 3.10. The van der Waals surface area contributed by atoms with Gasteiger partial charge in [-0.25, -0.2) is 8.78 Å². The van der Waals surface area contributed by atoms with Gasteiger partial charge in [-0.05, 0) is 57.7 Å². The second-order valence-corrected chi connectivity index (χ2v) is 6.16. The fourth-order valence-electron chi connectivity index (χ4n) is 2.71. The number of hydrogen-bond acceptors (Lipinski definition) is 2. The third-order valence-corrected chi connectivity index (χ3v) is 4.45. The highest BCUT2D eigenvalue weighted by Gasteiger charge is 2.20. The third-order valence-electron chi connectivity index (χ3n) is 3.84. The van der Waals surface area contributed by atoms with E-state index in [2.05, 4.69) is 15.9 Å². The molecule has 0 spiro atoms. The van der Waals surface area contributed by atoms with E-state index in [1.54, 1.807) is 0 Å². The number of nitrogens with two attached hydrogens (primary N) is 1. The van der Waals surface area contributed by atoms with Crippen molar-refractivity contribution in [3.05, 3.63) is 63.1 Å². The zero-order valence-electron chi connectivity index (χ0n) is 11.4. The molecule has 2 N–H and O–H groups in total. The molecular formula is C16H15BrF2N2. The first-order valence-electron chi connectivity index (χ1n) is 6.76. The van der Waals surface area contributed by atoms with E-state index in [1.165, 1.54) is 17.7 Å². The minimum Gasteiger partial charge on any atom is -0.399 e. The Bertz CT molecular complexity index is 688. The Balaban J connectivity index is 1.83. The van der Waals surface area contributed by atoms with Gasteiger partial charge in [0.1, 0.15) is 11.6 Å². The minimum absolute atomic E-state index is 0.108. The number of nitrogens with zero attached hydrogens (tertiary/aromatic N) is 1. The van der Waals surface area contributed by atoms with Crippen molar-refractivity contribution in [2.24, 2.45) is 0 Å². The van der Waals surface area contributed by atoms with E-state index in [9.17, 15) is 8.78 Å². The zero-order chi connectivity index (χ0) is 15.0. The van der Waals surface area contributed by atoms with Crippen LogP contribution in [0.1, 0.15) is 16.7 Å². The van der Waals surface area contributed by atoms with Gasteiger partial charge < -0.3 is 5.73 Å². The number of halogens is 3. The third kappa shape index (κ3) is 2.94. The molecule has 0 radical (unpaired) electrons. The molecule has 2 aromatic rings. The van der Waals surface area contributed by atoms with Crippen molar-refractivity contribution >= 4 is 21.6 Å². The summed E-state index contributed by atoms with van der Waals surface area (Å²) < 4.78 is 28.2. The molecule has 0 saturated heterocycles. The zero-order valence-corrected chi connectivity index (χ0v) is 13.0. The van der Waals surface area contributed by atoms with Gasteiger partial charge in [-0.1, -0.05) is 6.07 Å². The van der Waals surface area contributed by atoms with Gasteiger partial charge in [0.2, 0.25) is 0 Å². The van der Waals surface area contributed by atoms with E-state index < -0.39 is 11.6 Å². The molecule has 5 heteroatoms. The summed E-state index contributed by atoms with van der Waals surface area (Å²) in [5.74, 6) is -1.03. The Morgan fingerprint density at radius 3 is 2.76 bits per heavy atom. The van der Waals surface area contributed by atoms with Gasteiger partial charge >= 0.3 is 0 Å². The molecule has 2 aromatic carbocycles. The van der Waals surface area contributed by atoms with Gasteiger partial charge in [-0.3, -0.25) is 4.90 Å². The Hall–Kier alpha value is -1.46. The largest absolute Gasteiger partial charge is 0.399 e. The monoisotopic (exact) mass is 352 g/mol. The molecule has 1 aliphatic heterocycles. The molecule has 110 valence electrons. The number of nitrogen functional groups attached to an aromatic ring is 1. The maximum absolute atomic E-state index is 14.0. The molecule has 2 nitrogen and oxygen atoms in total. The van der Waals surface area contributed by atoms with Crippen LogP contribution in [0.25, 0.3) is 0 Å². The quantitative estimate of drug-likeness (QED) is 0.656. The van der Waals surface area contributed by atoms with Crippen LogP contribution >= 0.6 is 15.9 Å². The molecular weight excluding hydrogens is 338 g/mol. The van der Waals surface area contributed by atoms with Crippen LogP contribution in [0.15, 0.2) is 34.8 Å². The topological polar surface area (TPSA) is 29.3 Å². The average Bonchev–Trinajstić information content (AvgIpc) is 2.47. The van der Waals surface area contributed by atoms with Crippen molar-refractivity contribution in [1.29, 1.82) is 0 Å². The molecule has 0 amide bonds. The highest BCUT2D eigenvalue weighted by Crippen LogP contribution is 2.26. The maximum Gasteiger partial charge on any atom is 0.144 e. The first-order chi connectivity index (χ1) is 10.0. The number of benzene rings is 2. The van der Waals surface area contributed by atoms with Crippen LogP contribution in [0.4, 0.5) is 14.5 Å². The Kier molecular flexibility index (Phi) is 3.95. The Labute approximate surface area is 130 Å². The number of hydrogen-bond donors (Lipinski definition) is 1. The molecule has 1 heterocycles. The first kappa shape index (κ1) is 14.5. The second-order valence-electron chi connectivity index (χ2n) is 5.31. The molecule has 0 aromatic heterocycles. The van der Waals surface area contributed by atoms with E-state index in [0.717, 1.165) is 24.2 Å². The van der Waals surface area contributed by atoms with E-state index in [0.29, 0.717) is 11.0 Å². The van der Waals surface area contributed by atoms with Crippen LogP contribution in [0.2, 0.25) is 0 Å². The molecule has 0 unspecified atom stereocenters. The highest BCUT2D eigenvalue weighted by atomic mass is 79.9. The molecule has 3 rings (SSSR count). The molecule has 0 fully saturated rings. The predicted octanol–water partition coefficient (Wildman–Crippen LogP) is 3.87. The normalized spacial score (nSPS) is 15.0. The van der Waals surface area contributed by atoms with Crippen molar-refractivity contribution in [2.75, 3.05) is 12.3 Å². The summed E-state index contributed by atoms with van der Waals surface area (Å²) in [6.07, 6.45) is 0.868. The lowest BCUT2D eigenvalue weighted by atomic mass is 9.98. The summed E-state index contributed by atoms with van der Waals surface area (Å²) in [4.78, 5) is 2.04. The fraction of sp³-hybridized carbons (Fsp3) is 0.250. The van der Waals surface area contributed by atoms with E-state index >= 15 is 0 Å². The maximum atomic E-state index is 14.0. The van der Waals surface area contributed by atoms with E-state index in [1.807, 2.05) is 23.1 Å². The number of rotatable bonds is 2. The Morgan fingerprint density at radius 1 is 1.14 bits per heavy atom.